The van der Waals surface area contributed by atoms with Gasteiger partial charge in [0, 0.05) is 0 Å². The zero-order chi connectivity index (χ0) is 14.2. The molecule has 1 aliphatic carbocycles. The molecule has 0 aliphatic heterocycles. The number of benzene rings is 2. The number of ether oxygens (including phenoxy) is 1. The molecule has 1 nitrogen and oxygen atoms in total. The van der Waals surface area contributed by atoms with E-state index in [0.717, 1.165) is 30.0 Å². The highest BCUT2D eigenvalue weighted by Gasteiger charge is 2.25. The molecule has 1 saturated carbocycles. The maximum absolute atomic E-state index is 12.7. The van der Waals surface area contributed by atoms with Crippen LogP contribution in [0.1, 0.15) is 25.7 Å². The molecular weight excluding hydrogens is 264 g/mol. The van der Waals surface area contributed by atoms with Crippen molar-refractivity contribution in [1.29, 1.82) is 0 Å². The second-order valence-electron chi connectivity index (χ2n) is 5.37. The van der Waals surface area contributed by atoms with Gasteiger partial charge in [-0.2, -0.15) is 0 Å². The van der Waals surface area contributed by atoms with Crippen molar-refractivity contribution in [3.63, 3.8) is 0 Å². The molecule has 5 heteroatoms. The Hall–Kier alpha value is -1.65. The van der Waals surface area contributed by atoms with Crippen molar-refractivity contribution in [3.8, 4) is 5.75 Å². The molecule has 0 aromatic heterocycles. The zero-order valence-corrected chi connectivity index (χ0v) is 11.0. The van der Waals surface area contributed by atoms with Crippen LogP contribution in [0.25, 0.3) is 10.8 Å². The summed E-state index contributed by atoms with van der Waals surface area (Å²) in [5.74, 6) is 0.745. The predicted octanol–water partition coefficient (Wildman–Crippen LogP) is 4.22. The predicted molar refractivity (Wildman–Crippen MR) is 75.5 cm³/mol. The summed E-state index contributed by atoms with van der Waals surface area (Å²) in [7, 11) is 0. The molecule has 0 saturated heterocycles. The molecule has 0 unspecified atom stereocenters. The highest BCUT2D eigenvalue weighted by atomic mass is 19.4. The van der Waals surface area contributed by atoms with E-state index in [0.29, 0.717) is 5.39 Å². The lowest BCUT2D eigenvalue weighted by atomic mass is 9.79. The molecule has 0 spiro atoms. The minimum absolute atomic E-state index is 0.255. The SMILES string of the molecule is F[B-](F)(F)c1ccc2cc(OC3CCCC3)ccc2c1. The van der Waals surface area contributed by atoms with Crippen LogP contribution in [-0.2, 0) is 0 Å². The summed E-state index contributed by atoms with van der Waals surface area (Å²) in [6.45, 7) is -4.94. The first-order chi connectivity index (χ1) is 9.52. The molecule has 3 rings (SSSR count). The van der Waals surface area contributed by atoms with Crippen LogP contribution in [0.15, 0.2) is 36.4 Å². The summed E-state index contributed by atoms with van der Waals surface area (Å²) >= 11 is 0. The summed E-state index contributed by atoms with van der Waals surface area (Å²) in [5, 5.41) is 1.38. The maximum Gasteiger partial charge on any atom is 0.509 e. The molecule has 2 aromatic rings. The first-order valence-electron chi connectivity index (χ1n) is 6.93. The fraction of sp³-hybridized carbons (Fsp3) is 0.333. The van der Waals surface area contributed by atoms with Gasteiger partial charge < -0.3 is 17.7 Å². The molecule has 0 heterocycles. The Balaban J connectivity index is 1.88. The van der Waals surface area contributed by atoms with Crippen LogP contribution in [0.5, 0.6) is 5.75 Å². The zero-order valence-electron chi connectivity index (χ0n) is 11.0. The number of rotatable bonds is 3. The van der Waals surface area contributed by atoms with E-state index < -0.39 is 12.4 Å². The van der Waals surface area contributed by atoms with Crippen LogP contribution < -0.4 is 10.2 Å². The topological polar surface area (TPSA) is 9.23 Å². The maximum atomic E-state index is 12.7. The molecule has 0 atom stereocenters. The van der Waals surface area contributed by atoms with Crippen LogP contribution in [0.4, 0.5) is 12.9 Å². The third-order valence-corrected chi connectivity index (χ3v) is 3.82. The van der Waals surface area contributed by atoms with Crippen molar-refractivity contribution in [3.05, 3.63) is 36.4 Å². The Labute approximate surface area is 115 Å². The monoisotopic (exact) mass is 279 g/mol. The standard InChI is InChI=1S/C15H15BF3O/c17-16(18,19)13-7-5-12-10-15(8-6-11(12)9-13)20-14-3-1-2-4-14/h5-10,14H,1-4H2/q-1. The molecule has 0 bridgehead atoms. The van der Waals surface area contributed by atoms with Gasteiger partial charge in [-0.1, -0.05) is 24.3 Å². The van der Waals surface area contributed by atoms with E-state index in [4.69, 9.17) is 4.74 Å². The minimum atomic E-state index is -4.94. The number of hydrogen-bond donors (Lipinski definition) is 0. The Bertz CT molecular complexity index is 618. The van der Waals surface area contributed by atoms with Crippen LogP contribution in [-0.4, -0.2) is 13.1 Å². The summed E-state index contributed by atoms with van der Waals surface area (Å²) in [5.41, 5.74) is -0.554. The van der Waals surface area contributed by atoms with E-state index in [1.807, 2.05) is 6.07 Å². The van der Waals surface area contributed by atoms with E-state index in [1.54, 1.807) is 12.1 Å². The molecule has 0 amide bonds. The summed E-state index contributed by atoms with van der Waals surface area (Å²) in [6, 6.07) is 9.14. The highest BCUT2D eigenvalue weighted by Crippen LogP contribution is 2.27. The summed E-state index contributed by atoms with van der Waals surface area (Å²) < 4.78 is 44.0. The van der Waals surface area contributed by atoms with E-state index >= 15 is 0 Å². The van der Waals surface area contributed by atoms with Crippen molar-refractivity contribution in [2.75, 3.05) is 0 Å². The third kappa shape index (κ3) is 2.76. The largest absolute Gasteiger partial charge is 0.509 e. The lowest BCUT2D eigenvalue weighted by molar-refractivity contribution is 0.210. The van der Waals surface area contributed by atoms with E-state index in [-0.39, 0.29) is 6.10 Å². The number of halogens is 3. The van der Waals surface area contributed by atoms with Crippen molar-refractivity contribution in [2.24, 2.45) is 0 Å². The Morgan fingerprint density at radius 3 is 2.25 bits per heavy atom. The third-order valence-electron chi connectivity index (χ3n) is 3.82. The average Bonchev–Trinajstić information content (AvgIpc) is 2.90. The lowest BCUT2D eigenvalue weighted by Crippen LogP contribution is -2.33. The Morgan fingerprint density at radius 1 is 0.900 bits per heavy atom. The van der Waals surface area contributed by atoms with E-state index in [1.165, 1.54) is 25.0 Å². The first kappa shape index (κ1) is 13.3. The fourth-order valence-corrected chi connectivity index (χ4v) is 2.72. The van der Waals surface area contributed by atoms with E-state index in [9.17, 15) is 12.9 Å². The smallest absolute Gasteiger partial charge is 0.490 e. The quantitative estimate of drug-likeness (QED) is 0.764. The van der Waals surface area contributed by atoms with Gasteiger partial charge >= 0.3 is 6.98 Å². The molecule has 0 radical (unpaired) electrons. The molecule has 106 valence electrons. The molecule has 1 fully saturated rings. The Morgan fingerprint density at radius 2 is 1.55 bits per heavy atom. The first-order valence-corrected chi connectivity index (χ1v) is 6.93. The van der Waals surface area contributed by atoms with Gasteiger partial charge in [0.15, 0.2) is 0 Å². The number of fused-ring (bicyclic) bond motifs is 1. The van der Waals surface area contributed by atoms with Crippen LogP contribution >= 0.6 is 0 Å². The normalized spacial score (nSPS) is 16.8. The van der Waals surface area contributed by atoms with Gasteiger partial charge in [0.05, 0.1) is 6.10 Å². The van der Waals surface area contributed by atoms with E-state index in [2.05, 4.69) is 0 Å². The van der Waals surface area contributed by atoms with Gasteiger partial charge in [-0.05, 0) is 48.6 Å². The van der Waals surface area contributed by atoms with Gasteiger partial charge in [-0.25, -0.2) is 0 Å². The summed E-state index contributed by atoms with van der Waals surface area (Å²) in [4.78, 5) is 0. The molecule has 0 N–H and O–H groups in total. The molecular formula is C15H15BF3O-. The Kier molecular flexibility index (Phi) is 3.36. The molecule has 1 aliphatic rings. The van der Waals surface area contributed by atoms with Crippen LogP contribution in [0.3, 0.4) is 0 Å². The van der Waals surface area contributed by atoms with Crippen LogP contribution in [0, 0.1) is 0 Å². The van der Waals surface area contributed by atoms with Crippen molar-refractivity contribution in [1.82, 2.24) is 0 Å². The van der Waals surface area contributed by atoms with Gasteiger partial charge in [0.2, 0.25) is 0 Å². The van der Waals surface area contributed by atoms with Gasteiger partial charge in [-0.3, -0.25) is 0 Å². The van der Waals surface area contributed by atoms with Gasteiger partial charge in [-0.15, -0.1) is 5.46 Å². The van der Waals surface area contributed by atoms with Gasteiger partial charge in [0.25, 0.3) is 0 Å². The molecule has 20 heavy (non-hydrogen) atoms. The van der Waals surface area contributed by atoms with Gasteiger partial charge in [0.1, 0.15) is 5.75 Å². The average molecular weight is 279 g/mol. The second kappa shape index (κ2) is 5.04. The number of hydrogen-bond acceptors (Lipinski definition) is 1. The lowest BCUT2D eigenvalue weighted by Gasteiger charge is -2.16. The fourth-order valence-electron chi connectivity index (χ4n) is 2.72. The van der Waals surface area contributed by atoms with Crippen molar-refractivity contribution >= 4 is 23.2 Å². The summed E-state index contributed by atoms with van der Waals surface area (Å²) in [6.07, 6.45) is 4.76. The van der Waals surface area contributed by atoms with Crippen molar-refractivity contribution < 1.29 is 17.7 Å². The van der Waals surface area contributed by atoms with Crippen LogP contribution in [0.2, 0.25) is 0 Å². The highest BCUT2D eigenvalue weighted by molar-refractivity contribution is 6.73. The second-order valence-corrected chi connectivity index (χ2v) is 5.37. The molecule has 2 aromatic carbocycles. The minimum Gasteiger partial charge on any atom is -0.490 e. The van der Waals surface area contributed by atoms with Crippen molar-refractivity contribution in [2.45, 2.75) is 31.8 Å².